The fourth-order valence-corrected chi connectivity index (χ4v) is 3.64. The lowest BCUT2D eigenvalue weighted by atomic mass is 9.97. The van der Waals surface area contributed by atoms with Crippen LogP contribution in [-0.4, -0.2) is 22.9 Å². The molecule has 5 heteroatoms. The highest BCUT2D eigenvalue weighted by Gasteiger charge is 2.40. The van der Waals surface area contributed by atoms with Gasteiger partial charge in [0, 0.05) is 12.1 Å². The van der Waals surface area contributed by atoms with Crippen molar-refractivity contribution in [2.24, 2.45) is 0 Å². The first kappa shape index (κ1) is 15.1. The maximum atomic E-state index is 12.7. The lowest BCUT2D eigenvalue weighted by Gasteiger charge is -2.36. The van der Waals surface area contributed by atoms with E-state index in [0.717, 1.165) is 37.8 Å². The van der Waals surface area contributed by atoms with E-state index in [0.29, 0.717) is 5.56 Å². The minimum Gasteiger partial charge on any atom is -0.336 e. The molecule has 0 radical (unpaired) electrons. The smallest absolute Gasteiger partial charge is 0.336 e. The molecular formula is C17H18F3NO. The van der Waals surface area contributed by atoms with E-state index in [2.05, 4.69) is 6.58 Å². The molecule has 0 aromatic heterocycles. The van der Waals surface area contributed by atoms with Crippen molar-refractivity contribution in [2.75, 3.05) is 0 Å². The topological polar surface area (TPSA) is 20.3 Å². The van der Waals surface area contributed by atoms with E-state index < -0.39 is 11.7 Å². The number of carbonyl (C=O) groups is 1. The van der Waals surface area contributed by atoms with Crippen LogP contribution in [-0.2, 0) is 17.4 Å². The first-order valence-corrected chi connectivity index (χ1v) is 7.48. The molecule has 1 aromatic carbocycles. The van der Waals surface area contributed by atoms with E-state index >= 15 is 0 Å². The Morgan fingerprint density at radius 2 is 1.86 bits per heavy atom. The van der Waals surface area contributed by atoms with Crippen LogP contribution in [0.1, 0.15) is 36.8 Å². The average molecular weight is 309 g/mol. The van der Waals surface area contributed by atoms with Crippen LogP contribution >= 0.6 is 0 Å². The van der Waals surface area contributed by atoms with Crippen LogP contribution < -0.4 is 0 Å². The minimum atomic E-state index is -4.37. The summed E-state index contributed by atoms with van der Waals surface area (Å²) < 4.78 is 38.2. The molecule has 22 heavy (non-hydrogen) atoms. The average Bonchev–Trinajstić information content (AvgIpc) is 2.70. The van der Waals surface area contributed by atoms with Crippen molar-refractivity contribution in [3.63, 3.8) is 0 Å². The van der Waals surface area contributed by atoms with Gasteiger partial charge in [-0.3, -0.25) is 4.79 Å². The van der Waals surface area contributed by atoms with Crippen LogP contribution in [0.4, 0.5) is 13.2 Å². The van der Waals surface area contributed by atoms with Crippen LogP contribution in [0.25, 0.3) is 0 Å². The summed E-state index contributed by atoms with van der Waals surface area (Å²) in [7, 11) is 0. The highest BCUT2D eigenvalue weighted by molar-refractivity contribution is 5.80. The van der Waals surface area contributed by atoms with E-state index in [1.807, 2.05) is 4.90 Å². The molecule has 0 aliphatic carbocycles. The predicted octanol–water partition coefficient (Wildman–Crippen LogP) is 3.96. The molecule has 2 unspecified atom stereocenters. The van der Waals surface area contributed by atoms with Gasteiger partial charge in [0.2, 0.25) is 5.91 Å². The Hall–Kier alpha value is -1.78. The Bertz CT molecular complexity index is 592. The van der Waals surface area contributed by atoms with Gasteiger partial charge in [0.05, 0.1) is 12.0 Å². The van der Waals surface area contributed by atoms with Crippen LogP contribution in [0.15, 0.2) is 36.4 Å². The third-order valence-electron chi connectivity index (χ3n) is 4.57. The lowest BCUT2D eigenvalue weighted by molar-refractivity contribution is -0.138. The first-order valence-electron chi connectivity index (χ1n) is 7.48. The molecule has 118 valence electrons. The Labute approximate surface area is 127 Å². The largest absolute Gasteiger partial charge is 0.416 e. The summed E-state index contributed by atoms with van der Waals surface area (Å²) in [6.07, 6.45) is -0.754. The number of nitrogens with zero attached hydrogens (tertiary/aromatic N) is 1. The molecule has 2 nitrogen and oxygen atoms in total. The summed E-state index contributed by atoms with van der Waals surface area (Å²) in [6.45, 7) is 4.01. The second kappa shape index (κ2) is 5.45. The zero-order valence-corrected chi connectivity index (χ0v) is 12.2. The number of amides is 1. The van der Waals surface area contributed by atoms with Gasteiger partial charge in [0.25, 0.3) is 0 Å². The molecule has 2 heterocycles. The number of carbonyl (C=O) groups excluding carboxylic acids is 1. The van der Waals surface area contributed by atoms with E-state index in [4.69, 9.17) is 0 Å². The Morgan fingerprint density at radius 1 is 1.23 bits per heavy atom. The van der Waals surface area contributed by atoms with Gasteiger partial charge >= 0.3 is 6.18 Å². The van der Waals surface area contributed by atoms with Crippen LogP contribution in [0.5, 0.6) is 0 Å². The summed E-state index contributed by atoms with van der Waals surface area (Å²) in [5.41, 5.74) is 0.895. The monoisotopic (exact) mass is 309 g/mol. The second-order valence-corrected chi connectivity index (χ2v) is 6.22. The third kappa shape index (κ3) is 2.89. The van der Waals surface area contributed by atoms with Crippen molar-refractivity contribution in [2.45, 2.75) is 50.4 Å². The summed E-state index contributed by atoms with van der Waals surface area (Å²) in [5, 5.41) is 0. The number of hydrogen-bond acceptors (Lipinski definition) is 1. The molecule has 2 saturated heterocycles. The highest BCUT2D eigenvalue weighted by Crippen LogP contribution is 2.38. The van der Waals surface area contributed by atoms with Crippen molar-refractivity contribution < 1.29 is 18.0 Å². The van der Waals surface area contributed by atoms with Gasteiger partial charge in [-0.05, 0) is 37.3 Å². The number of benzene rings is 1. The maximum absolute atomic E-state index is 12.7. The molecule has 0 N–H and O–H groups in total. The SMILES string of the molecule is C=C1CC2CCC(C1)N2C(=O)Cc1cccc(C(F)(F)F)c1. The van der Waals surface area contributed by atoms with Crippen molar-refractivity contribution in [3.05, 3.63) is 47.5 Å². The molecule has 1 amide bonds. The normalized spacial score (nSPS) is 24.7. The quantitative estimate of drug-likeness (QED) is 0.757. The highest BCUT2D eigenvalue weighted by atomic mass is 19.4. The fraction of sp³-hybridized carbons (Fsp3) is 0.471. The lowest BCUT2D eigenvalue weighted by Crippen LogP contribution is -2.45. The zero-order chi connectivity index (χ0) is 15.9. The molecule has 2 bridgehead atoms. The number of hydrogen-bond donors (Lipinski definition) is 0. The number of piperidine rings is 1. The van der Waals surface area contributed by atoms with E-state index in [9.17, 15) is 18.0 Å². The molecular weight excluding hydrogens is 291 g/mol. The van der Waals surface area contributed by atoms with Crippen LogP contribution in [0.2, 0.25) is 0 Å². The van der Waals surface area contributed by atoms with Gasteiger partial charge in [0.1, 0.15) is 0 Å². The first-order chi connectivity index (χ1) is 10.3. The van der Waals surface area contributed by atoms with Crippen molar-refractivity contribution in [1.29, 1.82) is 0 Å². The summed E-state index contributed by atoms with van der Waals surface area (Å²) in [6, 6.07) is 5.41. The number of fused-ring (bicyclic) bond motifs is 2. The minimum absolute atomic E-state index is 0.0311. The molecule has 3 rings (SSSR count). The van der Waals surface area contributed by atoms with E-state index in [1.54, 1.807) is 6.07 Å². The number of rotatable bonds is 2. The van der Waals surface area contributed by atoms with Crippen molar-refractivity contribution >= 4 is 5.91 Å². The molecule has 0 saturated carbocycles. The molecule has 2 aliphatic heterocycles. The number of halogens is 3. The van der Waals surface area contributed by atoms with E-state index in [1.165, 1.54) is 11.6 Å². The fourth-order valence-electron chi connectivity index (χ4n) is 3.64. The van der Waals surface area contributed by atoms with E-state index in [-0.39, 0.29) is 24.4 Å². The Morgan fingerprint density at radius 3 is 2.45 bits per heavy atom. The third-order valence-corrected chi connectivity index (χ3v) is 4.57. The Balaban J connectivity index is 1.74. The second-order valence-electron chi connectivity index (χ2n) is 6.22. The Kier molecular flexibility index (Phi) is 3.75. The predicted molar refractivity (Wildman–Crippen MR) is 77.2 cm³/mol. The van der Waals surface area contributed by atoms with Gasteiger partial charge in [0.15, 0.2) is 0 Å². The van der Waals surface area contributed by atoms with Gasteiger partial charge in [-0.25, -0.2) is 0 Å². The number of alkyl halides is 3. The molecule has 2 aliphatic rings. The maximum Gasteiger partial charge on any atom is 0.416 e. The van der Waals surface area contributed by atoms with Crippen LogP contribution in [0.3, 0.4) is 0 Å². The van der Waals surface area contributed by atoms with Crippen molar-refractivity contribution in [3.8, 4) is 0 Å². The summed E-state index contributed by atoms with van der Waals surface area (Å²) >= 11 is 0. The van der Waals surface area contributed by atoms with Crippen molar-refractivity contribution in [1.82, 2.24) is 4.90 Å². The van der Waals surface area contributed by atoms with Gasteiger partial charge in [-0.1, -0.05) is 30.4 Å². The molecule has 1 aromatic rings. The van der Waals surface area contributed by atoms with Gasteiger partial charge in [-0.15, -0.1) is 0 Å². The molecule has 2 atom stereocenters. The summed E-state index contributed by atoms with van der Waals surface area (Å²) in [4.78, 5) is 14.4. The molecule has 2 fully saturated rings. The van der Waals surface area contributed by atoms with Gasteiger partial charge in [-0.2, -0.15) is 13.2 Å². The van der Waals surface area contributed by atoms with Gasteiger partial charge < -0.3 is 4.90 Å². The zero-order valence-electron chi connectivity index (χ0n) is 12.2. The molecule has 0 spiro atoms. The van der Waals surface area contributed by atoms with Crippen LogP contribution in [0, 0.1) is 0 Å². The summed E-state index contributed by atoms with van der Waals surface area (Å²) in [5.74, 6) is -0.0701. The standard InChI is InChI=1S/C17H18F3NO/c1-11-7-14-5-6-15(8-11)21(14)16(22)10-12-3-2-4-13(9-12)17(18,19)20/h2-4,9,14-15H,1,5-8,10H2.